The van der Waals surface area contributed by atoms with Crippen LogP contribution in [0.15, 0.2) is 29.6 Å². The fourth-order valence-corrected chi connectivity index (χ4v) is 2.64. The number of hydrogen-bond donors (Lipinski definition) is 2. The number of rotatable bonds is 5. The summed E-state index contributed by atoms with van der Waals surface area (Å²) in [6.07, 6.45) is 0.817. The number of nitrogens with zero attached hydrogens (tertiary/aromatic N) is 1. The summed E-state index contributed by atoms with van der Waals surface area (Å²) in [6.45, 7) is 4.53. The van der Waals surface area contributed by atoms with Gasteiger partial charge < -0.3 is 11.1 Å². The van der Waals surface area contributed by atoms with Crippen LogP contribution in [0.25, 0.3) is 0 Å². The van der Waals surface area contributed by atoms with Gasteiger partial charge in [0.25, 0.3) is 5.91 Å². The molecule has 1 atom stereocenters. The Kier molecular flexibility index (Phi) is 4.87. The summed E-state index contributed by atoms with van der Waals surface area (Å²) in [6, 6.07) is 8.16. The molecule has 0 fully saturated rings. The topological polar surface area (TPSA) is 68.0 Å². The fourth-order valence-electron chi connectivity index (χ4n) is 1.88. The first-order valence-corrected chi connectivity index (χ1v) is 7.49. The van der Waals surface area contributed by atoms with Crippen LogP contribution in [0.1, 0.15) is 39.6 Å². The first-order chi connectivity index (χ1) is 9.56. The van der Waals surface area contributed by atoms with Crippen LogP contribution in [0, 0.1) is 6.92 Å². The third kappa shape index (κ3) is 3.88. The summed E-state index contributed by atoms with van der Waals surface area (Å²) in [4.78, 5) is 16.2. The number of benzene rings is 1. The molecule has 0 spiro atoms. The van der Waals surface area contributed by atoms with Gasteiger partial charge >= 0.3 is 0 Å². The molecule has 2 aromatic rings. The van der Waals surface area contributed by atoms with E-state index in [9.17, 15) is 4.79 Å². The van der Waals surface area contributed by atoms with E-state index >= 15 is 0 Å². The van der Waals surface area contributed by atoms with Gasteiger partial charge in [0.05, 0.1) is 6.04 Å². The summed E-state index contributed by atoms with van der Waals surface area (Å²) in [7, 11) is 0. The molecule has 1 aromatic carbocycles. The highest BCUT2D eigenvalue weighted by atomic mass is 32.1. The summed E-state index contributed by atoms with van der Waals surface area (Å²) >= 11 is 1.42. The molecule has 4 nitrogen and oxygen atoms in total. The van der Waals surface area contributed by atoms with E-state index in [-0.39, 0.29) is 11.9 Å². The number of carbonyl (C=O) groups is 1. The van der Waals surface area contributed by atoms with Crippen molar-refractivity contribution < 1.29 is 4.79 Å². The van der Waals surface area contributed by atoms with Crippen molar-refractivity contribution in [3.8, 4) is 0 Å². The molecule has 1 unspecified atom stereocenters. The Balaban J connectivity index is 1.85. The molecule has 3 N–H and O–H groups in total. The molecule has 1 amide bonds. The number of aromatic nitrogens is 1. The van der Waals surface area contributed by atoms with Gasteiger partial charge in [-0.3, -0.25) is 4.79 Å². The SMILES string of the molecule is Cc1cccc(CCNC(=O)c2csc(C(C)N)n2)c1. The van der Waals surface area contributed by atoms with E-state index < -0.39 is 0 Å². The van der Waals surface area contributed by atoms with Gasteiger partial charge in [-0.15, -0.1) is 11.3 Å². The van der Waals surface area contributed by atoms with Crippen molar-refractivity contribution in [3.63, 3.8) is 0 Å². The number of nitrogens with two attached hydrogens (primary N) is 1. The molecule has 106 valence electrons. The lowest BCUT2D eigenvalue weighted by Gasteiger charge is -2.04. The van der Waals surface area contributed by atoms with Gasteiger partial charge in [0.2, 0.25) is 0 Å². The Morgan fingerprint density at radius 3 is 2.95 bits per heavy atom. The van der Waals surface area contributed by atoms with Crippen LogP contribution in [-0.2, 0) is 6.42 Å². The monoisotopic (exact) mass is 289 g/mol. The van der Waals surface area contributed by atoms with Crippen molar-refractivity contribution in [1.82, 2.24) is 10.3 Å². The molecular formula is C15H19N3OS. The second kappa shape index (κ2) is 6.63. The molecule has 20 heavy (non-hydrogen) atoms. The summed E-state index contributed by atoms with van der Waals surface area (Å²) in [5, 5.41) is 5.42. The fraction of sp³-hybridized carbons (Fsp3) is 0.333. The molecule has 0 bridgehead atoms. The van der Waals surface area contributed by atoms with Crippen LogP contribution >= 0.6 is 11.3 Å². The molecule has 1 heterocycles. The van der Waals surface area contributed by atoms with Crippen molar-refractivity contribution in [3.05, 3.63) is 51.5 Å². The normalized spacial score (nSPS) is 12.2. The van der Waals surface area contributed by atoms with Gasteiger partial charge in [-0.1, -0.05) is 29.8 Å². The second-order valence-electron chi connectivity index (χ2n) is 4.85. The van der Waals surface area contributed by atoms with Crippen LogP contribution in [0.3, 0.4) is 0 Å². The lowest BCUT2D eigenvalue weighted by atomic mass is 10.1. The van der Waals surface area contributed by atoms with Crippen molar-refractivity contribution >= 4 is 17.2 Å². The van der Waals surface area contributed by atoms with Crippen molar-refractivity contribution in [2.45, 2.75) is 26.3 Å². The predicted octanol–water partition coefficient (Wildman–Crippen LogP) is 2.44. The number of amides is 1. The zero-order valence-electron chi connectivity index (χ0n) is 11.7. The largest absolute Gasteiger partial charge is 0.350 e. The van der Waals surface area contributed by atoms with Gasteiger partial charge in [-0.05, 0) is 25.8 Å². The Hall–Kier alpha value is -1.72. The van der Waals surface area contributed by atoms with Crippen LogP contribution < -0.4 is 11.1 Å². The van der Waals surface area contributed by atoms with Crippen LogP contribution in [0.4, 0.5) is 0 Å². The quantitative estimate of drug-likeness (QED) is 0.888. The van der Waals surface area contributed by atoms with E-state index in [4.69, 9.17) is 5.73 Å². The summed E-state index contributed by atoms with van der Waals surface area (Å²) in [5.41, 5.74) is 8.64. The molecule has 0 radical (unpaired) electrons. The van der Waals surface area contributed by atoms with Crippen molar-refractivity contribution in [1.29, 1.82) is 0 Å². The van der Waals surface area contributed by atoms with Gasteiger partial charge in [0.1, 0.15) is 10.7 Å². The van der Waals surface area contributed by atoms with Crippen molar-refractivity contribution in [2.24, 2.45) is 5.73 Å². The maximum Gasteiger partial charge on any atom is 0.270 e. The van der Waals surface area contributed by atoms with Crippen LogP contribution in [0.5, 0.6) is 0 Å². The lowest BCUT2D eigenvalue weighted by molar-refractivity contribution is 0.0949. The zero-order valence-corrected chi connectivity index (χ0v) is 12.5. The highest BCUT2D eigenvalue weighted by Crippen LogP contribution is 2.15. The number of aryl methyl sites for hydroxylation is 1. The van der Waals surface area contributed by atoms with Crippen molar-refractivity contribution in [2.75, 3.05) is 6.54 Å². The van der Waals surface area contributed by atoms with Gasteiger partial charge in [0, 0.05) is 11.9 Å². The van der Waals surface area contributed by atoms with Gasteiger partial charge in [-0.2, -0.15) is 0 Å². The maximum atomic E-state index is 11.9. The highest BCUT2D eigenvalue weighted by molar-refractivity contribution is 7.09. The van der Waals surface area contributed by atoms with Crippen LogP contribution in [0.2, 0.25) is 0 Å². The average molecular weight is 289 g/mol. The number of hydrogen-bond acceptors (Lipinski definition) is 4. The second-order valence-corrected chi connectivity index (χ2v) is 5.74. The molecule has 2 rings (SSSR count). The first kappa shape index (κ1) is 14.7. The first-order valence-electron chi connectivity index (χ1n) is 6.61. The van der Waals surface area contributed by atoms with E-state index in [2.05, 4.69) is 35.4 Å². The van der Waals surface area contributed by atoms with Gasteiger partial charge in [-0.25, -0.2) is 4.98 Å². The predicted molar refractivity (Wildman–Crippen MR) is 81.9 cm³/mol. The lowest BCUT2D eigenvalue weighted by Crippen LogP contribution is -2.26. The van der Waals surface area contributed by atoms with E-state index in [1.54, 1.807) is 5.38 Å². The van der Waals surface area contributed by atoms with Gasteiger partial charge in [0.15, 0.2) is 0 Å². The third-order valence-corrected chi connectivity index (χ3v) is 3.97. The maximum absolute atomic E-state index is 11.9. The van der Waals surface area contributed by atoms with E-state index in [1.807, 2.05) is 13.0 Å². The zero-order chi connectivity index (χ0) is 14.5. The van der Waals surface area contributed by atoms with E-state index in [0.29, 0.717) is 12.2 Å². The van der Waals surface area contributed by atoms with E-state index in [0.717, 1.165) is 11.4 Å². The highest BCUT2D eigenvalue weighted by Gasteiger charge is 2.12. The summed E-state index contributed by atoms with van der Waals surface area (Å²) < 4.78 is 0. The number of carbonyl (C=O) groups excluding carboxylic acids is 1. The minimum atomic E-state index is -0.138. The minimum absolute atomic E-state index is 0.131. The average Bonchev–Trinajstić information content (AvgIpc) is 2.88. The molecule has 0 aliphatic rings. The molecular weight excluding hydrogens is 270 g/mol. The molecule has 5 heteroatoms. The minimum Gasteiger partial charge on any atom is -0.350 e. The summed E-state index contributed by atoms with van der Waals surface area (Å²) in [5.74, 6) is -0.138. The van der Waals surface area contributed by atoms with Crippen LogP contribution in [-0.4, -0.2) is 17.4 Å². The molecule has 0 aliphatic heterocycles. The Labute approximate surface area is 123 Å². The number of thiazole rings is 1. The standard InChI is InChI=1S/C15H19N3OS/c1-10-4-3-5-12(8-10)6-7-17-14(19)13-9-20-15(18-13)11(2)16/h3-5,8-9,11H,6-7,16H2,1-2H3,(H,17,19). The smallest absolute Gasteiger partial charge is 0.270 e. The Morgan fingerprint density at radius 1 is 1.50 bits per heavy atom. The Morgan fingerprint density at radius 2 is 2.30 bits per heavy atom. The third-order valence-electron chi connectivity index (χ3n) is 2.93. The number of nitrogens with one attached hydrogen (secondary N) is 1. The molecule has 0 saturated carbocycles. The Bertz CT molecular complexity index is 592. The molecule has 0 aliphatic carbocycles. The van der Waals surface area contributed by atoms with E-state index in [1.165, 1.54) is 22.5 Å². The molecule has 1 aromatic heterocycles. The molecule has 0 saturated heterocycles.